The van der Waals surface area contributed by atoms with Gasteiger partial charge in [-0.3, -0.25) is 9.89 Å². The van der Waals surface area contributed by atoms with E-state index >= 15 is 0 Å². The zero-order valence-corrected chi connectivity index (χ0v) is 13.6. The molecule has 0 aromatic carbocycles. The van der Waals surface area contributed by atoms with Crippen molar-refractivity contribution in [3.8, 4) is 0 Å². The average molecular weight is 315 g/mol. The third-order valence-electron chi connectivity index (χ3n) is 3.38. The molecule has 1 aliphatic heterocycles. The molecule has 0 saturated carbocycles. The van der Waals surface area contributed by atoms with E-state index in [9.17, 15) is 13.2 Å². The number of nitrogens with zero attached hydrogens (tertiary/aromatic N) is 4. The van der Waals surface area contributed by atoms with E-state index in [1.807, 2.05) is 20.8 Å². The molecule has 1 amide bonds. The number of hydrogen-bond donors (Lipinski definition) is 1. The summed E-state index contributed by atoms with van der Waals surface area (Å²) in [6.45, 7) is 7.25. The molecule has 118 valence electrons. The van der Waals surface area contributed by atoms with Gasteiger partial charge < -0.3 is 4.90 Å². The topological polar surface area (TPSA) is 99.3 Å². The minimum absolute atomic E-state index is 0.132. The van der Waals surface area contributed by atoms with Crippen molar-refractivity contribution in [1.82, 2.24) is 24.4 Å². The second-order valence-electron chi connectivity index (χ2n) is 6.21. The first-order valence-electron chi connectivity index (χ1n) is 6.76. The molecule has 1 saturated heterocycles. The van der Waals surface area contributed by atoms with Gasteiger partial charge in [-0.2, -0.15) is 4.31 Å². The molecular formula is C12H21N5O3S. The zero-order valence-electron chi connectivity index (χ0n) is 12.8. The van der Waals surface area contributed by atoms with Gasteiger partial charge in [0.15, 0.2) is 0 Å². The molecule has 1 fully saturated rings. The summed E-state index contributed by atoms with van der Waals surface area (Å²) in [6, 6.07) is 0. The highest BCUT2D eigenvalue weighted by Gasteiger charge is 2.29. The van der Waals surface area contributed by atoms with Crippen LogP contribution in [0, 0.1) is 0 Å². The Morgan fingerprint density at radius 1 is 1.19 bits per heavy atom. The number of carbonyl (C=O) groups is 1. The largest absolute Gasteiger partial charge is 0.333 e. The minimum Gasteiger partial charge on any atom is -0.333 e. The summed E-state index contributed by atoms with van der Waals surface area (Å²) >= 11 is 0. The number of aromatic amines is 1. The number of sulfonamides is 1. The Labute approximate surface area is 124 Å². The van der Waals surface area contributed by atoms with Crippen molar-refractivity contribution in [2.45, 2.75) is 26.2 Å². The van der Waals surface area contributed by atoms with Crippen molar-refractivity contribution in [2.75, 3.05) is 32.4 Å². The number of nitrogens with one attached hydrogen (secondary N) is 1. The fourth-order valence-electron chi connectivity index (χ4n) is 2.06. The van der Waals surface area contributed by atoms with Gasteiger partial charge in [0.1, 0.15) is 5.82 Å². The van der Waals surface area contributed by atoms with Crippen LogP contribution in [-0.4, -0.2) is 71.1 Å². The molecule has 2 rings (SSSR count). The van der Waals surface area contributed by atoms with Gasteiger partial charge in [-0.1, -0.05) is 20.8 Å². The van der Waals surface area contributed by atoms with Gasteiger partial charge in [0.25, 0.3) is 5.91 Å². The lowest BCUT2D eigenvalue weighted by Crippen LogP contribution is -2.50. The van der Waals surface area contributed by atoms with Gasteiger partial charge in [-0.05, 0) is 0 Å². The maximum atomic E-state index is 12.3. The summed E-state index contributed by atoms with van der Waals surface area (Å²) in [5.41, 5.74) is -0.208. The zero-order chi connectivity index (χ0) is 15.8. The Kier molecular flexibility index (Phi) is 4.07. The standard InChI is InChI=1S/C12H21N5O3S/c1-12(2,3)11-13-9(14-15-11)10(18)16-5-7-17(8-6-16)21(4,19)20/h5-8H2,1-4H3,(H,13,14,15). The fourth-order valence-corrected chi connectivity index (χ4v) is 2.88. The van der Waals surface area contributed by atoms with E-state index in [1.54, 1.807) is 4.90 Å². The summed E-state index contributed by atoms with van der Waals surface area (Å²) < 4.78 is 24.2. The smallest absolute Gasteiger partial charge is 0.293 e. The molecule has 0 radical (unpaired) electrons. The number of aromatic nitrogens is 3. The lowest BCUT2D eigenvalue weighted by molar-refractivity contribution is 0.0686. The highest BCUT2D eigenvalue weighted by molar-refractivity contribution is 7.88. The first-order valence-corrected chi connectivity index (χ1v) is 8.61. The van der Waals surface area contributed by atoms with Gasteiger partial charge >= 0.3 is 0 Å². The van der Waals surface area contributed by atoms with Gasteiger partial charge in [-0.15, -0.1) is 5.10 Å². The summed E-state index contributed by atoms with van der Waals surface area (Å²) in [4.78, 5) is 18.1. The molecule has 0 aliphatic carbocycles. The maximum Gasteiger partial charge on any atom is 0.293 e. The van der Waals surface area contributed by atoms with Crippen molar-refractivity contribution in [3.05, 3.63) is 11.6 Å². The van der Waals surface area contributed by atoms with Gasteiger partial charge in [0.2, 0.25) is 15.8 Å². The molecule has 8 nitrogen and oxygen atoms in total. The number of piperazine rings is 1. The molecule has 21 heavy (non-hydrogen) atoms. The van der Waals surface area contributed by atoms with Crippen molar-refractivity contribution in [1.29, 1.82) is 0 Å². The predicted molar refractivity (Wildman–Crippen MR) is 77.4 cm³/mol. The molecule has 1 aliphatic rings. The van der Waals surface area contributed by atoms with Crippen LogP contribution in [0.15, 0.2) is 0 Å². The summed E-state index contributed by atoms with van der Waals surface area (Å²) in [5, 5.41) is 6.75. The molecule has 0 spiro atoms. The molecule has 0 atom stereocenters. The Morgan fingerprint density at radius 3 is 2.19 bits per heavy atom. The highest BCUT2D eigenvalue weighted by Crippen LogP contribution is 2.18. The Hall–Kier alpha value is -1.48. The minimum atomic E-state index is -3.20. The Balaban J connectivity index is 2.04. The number of carbonyl (C=O) groups excluding carboxylic acids is 1. The van der Waals surface area contributed by atoms with Gasteiger partial charge in [-0.25, -0.2) is 13.4 Å². The van der Waals surface area contributed by atoms with Crippen LogP contribution in [0.3, 0.4) is 0 Å². The predicted octanol–water partition coefficient (Wildman–Crippen LogP) is -0.180. The van der Waals surface area contributed by atoms with Crippen molar-refractivity contribution < 1.29 is 13.2 Å². The SMILES string of the molecule is CC(C)(C)c1nc(C(=O)N2CCN(S(C)(=O)=O)CC2)n[nH]1. The van der Waals surface area contributed by atoms with E-state index in [4.69, 9.17) is 0 Å². The van der Waals surface area contributed by atoms with Gasteiger partial charge in [0.05, 0.1) is 6.26 Å². The first kappa shape index (κ1) is 15.9. The molecule has 1 aromatic heterocycles. The van der Waals surface area contributed by atoms with Crippen LogP contribution in [0.1, 0.15) is 37.2 Å². The summed E-state index contributed by atoms with van der Waals surface area (Å²) in [5.74, 6) is 0.517. The molecule has 0 bridgehead atoms. The van der Waals surface area contributed by atoms with Crippen molar-refractivity contribution >= 4 is 15.9 Å². The van der Waals surface area contributed by atoms with E-state index in [1.165, 1.54) is 10.6 Å². The van der Waals surface area contributed by atoms with Crippen molar-refractivity contribution in [3.63, 3.8) is 0 Å². The second-order valence-corrected chi connectivity index (χ2v) is 8.19. The van der Waals surface area contributed by atoms with Crippen LogP contribution in [-0.2, 0) is 15.4 Å². The maximum absolute atomic E-state index is 12.3. The lowest BCUT2D eigenvalue weighted by Gasteiger charge is -2.32. The fraction of sp³-hybridized carbons (Fsp3) is 0.750. The second kappa shape index (κ2) is 5.38. The van der Waals surface area contributed by atoms with E-state index in [0.29, 0.717) is 32.0 Å². The first-order chi connectivity index (χ1) is 9.59. The highest BCUT2D eigenvalue weighted by atomic mass is 32.2. The van der Waals surface area contributed by atoms with Crippen LogP contribution >= 0.6 is 0 Å². The molecular weight excluding hydrogens is 294 g/mol. The normalized spacial score (nSPS) is 18.0. The number of H-pyrrole nitrogens is 1. The van der Waals surface area contributed by atoms with Crippen LogP contribution < -0.4 is 0 Å². The Bertz CT molecular complexity index is 624. The van der Waals surface area contributed by atoms with Gasteiger partial charge in [0, 0.05) is 31.6 Å². The molecule has 0 unspecified atom stereocenters. The number of amides is 1. The number of rotatable bonds is 2. The Morgan fingerprint density at radius 2 is 1.76 bits per heavy atom. The molecule has 1 N–H and O–H groups in total. The summed E-state index contributed by atoms with van der Waals surface area (Å²) in [6.07, 6.45) is 1.18. The third-order valence-corrected chi connectivity index (χ3v) is 4.69. The monoisotopic (exact) mass is 315 g/mol. The molecule has 1 aromatic rings. The van der Waals surface area contributed by atoms with Crippen LogP contribution in [0.4, 0.5) is 0 Å². The van der Waals surface area contributed by atoms with Crippen molar-refractivity contribution in [2.24, 2.45) is 0 Å². The van der Waals surface area contributed by atoms with E-state index in [0.717, 1.165) is 0 Å². The molecule has 9 heteroatoms. The lowest BCUT2D eigenvalue weighted by atomic mass is 9.96. The van der Waals surface area contributed by atoms with E-state index in [2.05, 4.69) is 15.2 Å². The van der Waals surface area contributed by atoms with E-state index in [-0.39, 0.29) is 17.1 Å². The summed E-state index contributed by atoms with van der Waals surface area (Å²) in [7, 11) is -3.20. The van der Waals surface area contributed by atoms with Crippen LogP contribution in [0.25, 0.3) is 0 Å². The van der Waals surface area contributed by atoms with Crippen LogP contribution in [0.2, 0.25) is 0 Å². The van der Waals surface area contributed by atoms with E-state index < -0.39 is 10.0 Å². The average Bonchev–Trinajstić information content (AvgIpc) is 2.86. The van der Waals surface area contributed by atoms with Crippen LogP contribution in [0.5, 0.6) is 0 Å². The quantitative estimate of drug-likeness (QED) is 0.816. The number of hydrogen-bond acceptors (Lipinski definition) is 5. The third kappa shape index (κ3) is 3.59. The molecule has 2 heterocycles.